The zero-order chi connectivity index (χ0) is 15.5. The topological polar surface area (TPSA) is 70.6 Å². The lowest BCUT2D eigenvalue weighted by atomic mass is 10.1. The second-order valence-electron chi connectivity index (χ2n) is 4.54. The molecule has 0 saturated heterocycles. The number of halogens is 1. The third kappa shape index (κ3) is 6.80. The molecule has 1 aromatic rings. The number of ether oxygens (including phenoxy) is 1. The van der Waals surface area contributed by atoms with Crippen LogP contribution in [0.3, 0.4) is 0 Å². The van der Waals surface area contributed by atoms with E-state index in [1.807, 2.05) is 13.0 Å². The van der Waals surface area contributed by atoms with Gasteiger partial charge in [0.2, 0.25) is 0 Å². The summed E-state index contributed by atoms with van der Waals surface area (Å²) in [7, 11) is 0. The second kappa shape index (κ2) is 10.4. The standard InChI is InChI=1S/C15H23ClN2O3/c1-2-21-9-5-8-17-15(20)13-6-3-4-7-14(13)18-11-12(19)10-16/h3-4,6-7,12,18-19H,2,5,8-11H2,1H3,(H,17,20). The van der Waals surface area contributed by atoms with Gasteiger partial charge in [-0.1, -0.05) is 12.1 Å². The molecule has 0 aliphatic rings. The summed E-state index contributed by atoms with van der Waals surface area (Å²) in [4.78, 5) is 12.1. The van der Waals surface area contributed by atoms with Gasteiger partial charge in [0.1, 0.15) is 0 Å². The summed E-state index contributed by atoms with van der Waals surface area (Å²) >= 11 is 5.55. The Kier molecular flexibility index (Phi) is 8.82. The summed E-state index contributed by atoms with van der Waals surface area (Å²) in [5.41, 5.74) is 1.24. The number of hydrogen-bond acceptors (Lipinski definition) is 4. The molecule has 0 spiro atoms. The zero-order valence-corrected chi connectivity index (χ0v) is 13.0. The van der Waals surface area contributed by atoms with E-state index in [1.165, 1.54) is 0 Å². The Bertz CT molecular complexity index is 429. The van der Waals surface area contributed by atoms with E-state index in [0.29, 0.717) is 37.6 Å². The van der Waals surface area contributed by atoms with Gasteiger partial charge in [0, 0.05) is 32.0 Å². The van der Waals surface area contributed by atoms with Crippen LogP contribution in [0.4, 0.5) is 5.69 Å². The van der Waals surface area contributed by atoms with Crippen LogP contribution in [0.15, 0.2) is 24.3 Å². The van der Waals surface area contributed by atoms with Gasteiger partial charge in [-0.15, -0.1) is 11.6 Å². The summed E-state index contributed by atoms with van der Waals surface area (Å²) in [5, 5.41) is 15.4. The number of amides is 1. The highest BCUT2D eigenvalue weighted by Gasteiger charge is 2.11. The van der Waals surface area contributed by atoms with Crippen LogP contribution in [0.2, 0.25) is 0 Å². The Hall–Kier alpha value is -1.30. The average molecular weight is 315 g/mol. The van der Waals surface area contributed by atoms with E-state index in [-0.39, 0.29) is 11.8 Å². The van der Waals surface area contributed by atoms with Gasteiger partial charge in [0.15, 0.2) is 0 Å². The predicted molar refractivity (Wildman–Crippen MR) is 85.1 cm³/mol. The summed E-state index contributed by atoms with van der Waals surface area (Å²) in [6.07, 6.45) is 0.133. The first-order valence-corrected chi connectivity index (χ1v) is 7.65. The number of para-hydroxylation sites is 1. The van der Waals surface area contributed by atoms with Crippen molar-refractivity contribution in [1.82, 2.24) is 5.32 Å². The van der Waals surface area contributed by atoms with E-state index in [4.69, 9.17) is 16.3 Å². The Labute approximate surface area is 130 Å². The fourth-order valence-electron chi connectivity index (χ4n) is 1.73. The number of carbonyl (C=O) groups is 1. The highest BCUT2D eigenvalue weighted by atomic mass is 35.5. The summed E-state index contributed by atoms with van der Waals surface area (Å²) in [6.45, 7) is 4.13. The molecule has 3 N–H and O–H groups in total. The van der Waals surface area contributed by atoms with E-state index in [0.717, 1.165) is 6.42 Å². The molecule has 118 valence electrons. The van der Waals surface area contributed by atoms with Crippen molar-refractivity contribution in [3.63, 3.8) is 0 Å². The van der Waals surface area contributed by atoms with Gasteiger partial charge in [-0.05, 0) is 25.5 Å². The van der Waals surface area contributed by atoms with Crippen molar-refractivity contribution in [2.75, 3.05) is 37.5 Å². The monoisotopic (exact) mass is 314 g/mol. The van der Waals surface area contributed by atoms with Crippen molar-refractivity contribution in [2.24, 2.45) is 0 Å². The highest BCUT2D eigenvalue weighted by molar-refractivity contribution is 6.18. The molecule has 0 bridgehead atoms. The third-order valence-electron chi connectivity index (χ3n) is 2.83. The van der Waals surface area contributed by atoms with Gasteiger partial charge >= 0.3 is 0 Å². The van der Waals surface area contributed by atoms with E-state index in [9.17, 15) is 9.90 Å². The number of hydrogen-bond donors (Lipinski definition) is 3. The molecule has 1 rings (SSSR count). The molecule has 0 heterocycles. The van der Waals surface area contributed by atoms with Gasteiger partial charge in [-0.2, -0.15) is 0 Å². The molecule has 1 aromatic carbocycles. The first-order valence-electron chi connectivity index (χ1n) is 7.11. The van der Waals surface area contributed by atoms with Crippen LogP contribution in [-0.2, 0) is 4.74 Å². The normalized spacial score (nSPS) is 12.0. The van der Waals surface area contributed by atoms with E-state index < -0.39 is 6.10 Å². The maximum atomic E-state index is 12.1. The Morgan fingerprint density at radius 1 is 1.43 bits per heavy atom. The van der Waals surface area contributed by atoms with Crippen molar-refractivity contribution in [2.45, 2.75) is 19.4 Å². The SMILES string of the molecule is CCOCCCNC(=O)c1ccccc1NCC(O)CCl. The van der Waals surface area contributed by atoms with E-state index in [1.54, 1.807) is 18.2 Å². The largest absolute Gasteiger partial charge is 0.390 e. The molecular formula is C15H23ClN2O3. The van der Waals surface area contributed by atoms with Gasteiger partial charge in [0.05, 0.1) is 17.5 Å². The maximum Gasteiger partial charge on any atom is 0.253 e. The number of carbonyl (C=O) groups excluding carboxylic acids is 1. The lowest BCUT2D eigenvalue weighted by molar-refractivity contribution is 0.0945. The fourth-order valence-corrected chi connectivity index (χ4v) is 1.84. The van der Waals surface area contributed by atoms with Crippen molar-refractivity contribution in [3.8, 4) is 0 Å². The third-order valence-corrected chi connectivity index (χ3v) is 3.19. The minimum absolute atomic E-state index is 0.144. The van der Waals surface area contributed by atoms with Gasteiger partial charge in [-0.3, -0.25) is 4.79 Å². The number of nitrogens with one attached hydrogen (secondary N) is 2. The molecule has 0 aliphatic heterocycles. The van der Waals surface area contributed by atoms with Crippen LogP contribution in [0, 0.1) is 0 Å². The Balaban J connectivity index is 2.50. The molecule has 21 heavy (non-hydrogen) atoms. The molecule has 1 unspecified atom stereocenters. The molecule has 0 saturated carbocycles. The van der Waals surface area contributed by atoms with Crippen molar-refractivity contribution in [3.05, 3.63) is 29.8 Å². The molecule has 0 aromatic heterocycles. The summed E-state index contributed by atoms with van der Waals surface area (Å²) in [5.74, 6) is 0.00803. The summed E-state index contributed by atoms with van der Waals surface area (Å²) < 4.78 is 5.22. The Morgan fingerprint density at radius 2 is 2.19 bits per heavy atom. The lowest BCUT2D eigenvalue weighted by Crippen LogP contribution is -2.27. The minimum Gasteiger partial charge on any atom is -0.390 e. The number of alkyl halides is 1. The van der Waals surface area contributed by atoms with Gasteiger partial charge in [0.25, 0.3) is 5.91 Å². The predicted octanol–water partition coefficient (Wildman–Crippen LogP) is 1.85. The maximum absolute atomic E-state index is 12.1. The fraction of sp³-hybridized carbons (Fsp3) is 0.533. The molecule has 0 aliphatic carbocycles. The van der Waals surface area contributed by atoms with Gasteiger partial charge in [-0.25, -0.2) is 0 Å². The molecule has 1 amide bonds. The molecule has 0 radical (unpaired) electrons. The van der Waals surface area contributed by atoms with Crippen LogP contribution in [0.25, 0.3) is 0 Å². The van der Waals surface area contributed by atoms with Crippen molar-refractivity contribution in [1.29, 1.82) is 0 Å². The zero-order valence-electron chi connectivity index (χ0n) is 12.3. The number of aliphatic hydroxyl groups is 1. The molecule has 0 fully saturated rings. The van der Waals surface area contributed by atoms with Crippen LogP contribution < -0.4 is 10.6 Å². The molecular weight excluding hydrogens is 292 g/mol. The van der Waals surface area contributed by atoms with E-state index in [2.05, 4.69) is 10.6 Å². The number of rotatable bonds is 10. The quantitative estimate of drug-likeness (QED) is 0.455. The van der Waals surface area contributed by atoms with Crippen LogP contribution >= 0.6 is 11.6 Å². The molecule has 5 nitrogen and oxygen atoms in total. The van der Waals surface area contributed by atoms with Crippen LogP contribution in [-0.4, -0.2) is 49.3 Å². The molecule has 6 heteroatoms. The number of benzene rings is 1. The van der Waals surface area contributed by atoms with Crippen molar-refractivity contribution < 1.29 is 14.6 Å². The number of aliphatic hydroxyl groups excluding tert-OH is 1. The van der Waals surface area contributed by atoms with Crippen LogP contribution in [0.5, 0.6) is 0 Å². The summed E-state index contributed by atoms with van der Waals surface area (Å²) in [6, 6.07) is 7.18. The first kappa shape index (κ1) is 17.8. The first-order chi connectivity index (χ1) is 10.2. The van der Waals surface area contributed by atoms with Crippen LogP contribution in [0.1, 0.15) is 23.7 Å². The van der Waals surface area contributed by atoms with Gasteiger partial charge < -0.3 is 20.5 Å². The Morgan fingerprint density at radius 3 is 2.90 bits per heavy atom. The smallest absolute Gasteiger partial charge is 0.253 e. The number of anilines is 1. The van der Waals surface area contributed by atoms with Crippen molar-refractivity contribution >= 4 is 23.2 Å². The molecule has 1 atom stereocenters. The van der Waals surface area contributed by atoms with E-state index >= 15 is 0 Å². The minimum atomic E-state index is -0.644. The second-order valence-corrected chi connectivity index (χ2v) is 4.85. The average Bonchev–Trinajstić information content (AvgIpc) is 2.52. The lowest BCUT2D eigenvalue weighted by Gasteiger charge is -2.14. The highest BCUT2D eigenvalue weighted by Crippen LogP contribution is 2.14.